The highest BCUT2D eigenvalue weighted by atomic mass is 19.4. The smallest absolute Gasteiger partial charge is 0.433 e. The average molecular weight is 549 g/mol. The monoisotopic (exact) mass is 548 g/mol. The van der Waals surface area contributed by atoms with Gasteiger partial charge in [-0.3, -0.25) is 10.2 Å². The Labute approximate surface area is 224 Å². The van der Waals surface area contributed by atoms with Crippen molar-refractivity contribution in [3.63, 3.8) is 0 Å². The van der Waals surface area contributed by atoms with Gasteiger partial charge < -0.3 is 29.7 Å². The molecule has 1 aliphatic rings. The quantitative estimate of drug-likeness (QED) is 0.170. The summed E-state index contributed by atoms with van der Waals surface area (Å²) in [5.41, 5.74) is -0.950. The number of carbonyl (C=O) groups is 2. The van der Waals surface area contributed by atoms with Crippen LogP contribution in [-0.4, -0.2) is 69.2 Å². The number of methoxy groups -OCH3 is 2. The zero-order chi connectivity index (χ0) is 28.6. The van der Waals surface area contributed by atoms with Crippen LogP contribution in [0.1, 0.15) is 34.5 Å². The summed E-state index contributed by atoms with van der Waals surface area (Å²) in [6, 6.07) is 12.5. The molecule has 1 atom stereocenters. The van der Waals surface area contributed by atoms with Gasteiger partial charge in [0.2, 0.25) is 0 Å². The Morgan fingerprint density at radius 3 is 2.49 bits per heavy atom. The van der Waals surface area contributed by atoms with E-state index >= 15 is 0 Å². The summed E-state index contributed by atoms with van der Waals surface area (Å²) in [7, 11) is 2.80. The molecule has 0 spiro atoms. The minimum Gasteiger partial charge on any atom is -0.491 e. The lowest BCUT2D eigenvalue weighted by Crippen LogP contribution is -2.39. The number of carbonyl (C=O) groups excluding carboxylic acids is 2. The van der Waals surface area contributed by atoms with Crippen LogP contribution in [0.3, 0.4) is 0 Å². The molecule has 0 saturated carbocycles. The minimum absolute atomic E-state index is 0.0752. The van der Waals surface area contributed by atoms with Crippen LogP contribution in [0, 0.1) is 5.41 Å². The van der Waals surface area contributed by atoms with Crippen LogP contribution in [-0.2, 0) is 20.8 Å². The molecule has 0 aliphatic carbocycles. The third kappa shape index (κ3) is 7.73. The molecule has 1 unspecified atom stereocenters. The fourth-order valence-corrected chi connectivity index (χ4v) is 3.99. The van der Waals surface area contributed by atoms with Gasteiger partial charge in [-0.15, -0.1) is 0 Å². The van der Waals surface area contributed by atoms with Gasteiger partial charge in [0.1, 0.15) is 23.8 Å². The van der Waals surface area contributed by atoms with Crippen LogP contribution >= 0.6 is 0 Å². The number of benzene rings is 2. The molecule has 210 valence electrons. The average Bonchev–Trinajstić information content (AvgIpc) is 3.35. The molecular formula is C27H31F3N4O5. The lowest BCUT2D eigenvalue weighted by molar-refractivity contribution is -0.118. The Bertz CT molecular complexity index is 1210. The molecule has 0 bridgehead atoms. The van der Waals surface area contributed by atoms with E-state index in [4.69, 9.17) is 14.9 Å². The third-order valence-corrected chi connectivity index (χ3v) is 6.00. The Hall–Kier alpha value is -4.06. The normalized spacial score (nSPS) is 15.3. The molecule has 12 heteroatoms. The predicted molar refractivity (Wildman–Crippen MR) is 137 cm³/mol. The molecule has 1 aliphatic heterocycles. The number of esters is 1. The maximum absolute atomic E-state index is 13.7. The van der Waals surface area contributed by atoms with Crippen LogP contribution in [0.5, 0.6) is 5.75 Å². The highest BCUT2D eigenvalue weighted by Gasteiger charge is 2.42. The van der Waals surface area contributed by atoms with Gasteiger partial charge >= 0.3 is 12.1 Å². The number of halogens is 3. The Morgan fingerprint density at radius 2 is 1.85 bits per heavy atom. The van der Waals surface area contributed by atoms with E-state index in [1.54, 1.807) is 55.3 Å². The van der Waals surface area contributed by atoms with Crippen molar-refractivity contribution in [3.05, 3.63) is 76.6 Å². The topological polar surface area (TPSA) is 113 Å². The van der Waals surface area contributed by atoms with Crippen molar-refractivity contribution < 1.29 is 37.0 Å². The second-order valence-corrected chi connectivity index (χ2v) is 8.74. The SMILES string of the molecule is COCCOc1cccc(CN2CCN/C2=C(\C(=N)C(F)(F)F)C(=O)NC(C)c2ccc(C(=O)OC)cc2)c1. The van der Waals surface area contributed by atoms with Crippen LogP contribution in [0.4, 0.5) is 13.2 Å². The largest absolute Gasteiger partial charge is 0.491 e. The van der Waals surface area contributed by atoms with E-state index in [-0.39, 0.29) is 12.4 Å². The van der Waals surface area contributed by atoms with E-state index in [9.17, 15) is 22.8 Å². The number of alkyl halides is 3. The maximum atomic E-state index is 13.7. The summed E-state index contributed by atoms with van der Waals surface area (Å²) in [4.78, 5) is 26.5. The second-order valence-electron chi connectivity index (χ2n) is 8.74. The van der Waals surface area contributed by atoms with E-state index in [1.165, 1.54) is 19.2 Å². The highest BCUT2D eigenvalue weighted by molar-refractivity contribution is 6.23. The van der Waals surface area contributed by atoms with E-state index in [0.29, 0.717) is 43.2 Å². The van der Waals surface area contributed by atoms with Crippen LogP contribution in [0.15, 0.2) is 59.9 Å². The number of nitrogens with zero attached hydrogens (tertiary/aromatic N) is 1. The summed E-state index contributed by atoms with van der Waals surface area (Å²) >= 11 is 0. The van der Waals surface area contributed by atoms with Crippen LogP contribution in [0.2, 0.25) is 0 Å². The first-order valence-electron chi connectivity index (χ1n) is 12.1. The first-order valence-corrected chi connectivity index (χ1v) is 12.1. The van der Waals surface area contributed by atoms with E-state index in [0.717, 1.165) is 5.56 Å². The van der Waals surface area contributed by atoms with E-state index < -0.39 is 35.4 Å². The molecular weight excluding hydrogens is 517 g/mol. The first kappa shape index (κ1) is 29.5. The third-order valence-electron chi connectivity index (χ3n) is 6.00. The first-order chi connectivity index (χ1) is 18.5. The van der Waals surface area contributed by atoms with Gasteiger partial charge in [0, 0.05) is 26.7 Å². The Balaban J connectivity index is 1.86. The summed E-state index contributed by atoms with van der Waals surface area (Å²) < 4.78 is 56.4. The molecule has 1 heterocycles. The van der Waals surface area contributed by atoms with Crippen molar-refractivity contribution in [2.75, 3.05) is 40.5 Å². The molecule has 1 amide bonds. The van der Waals surface area contributed by atoms with Gasteiger partial charge in [0.05, 0.1) is 25.3 Å². The molecule has 2 aromatic carbocycles. The number of hydrogen-bond donors (Lipinski definition) is 3. The van der Waals surface area contributed by atoms with Crippen molar-refractivity contribution in [1.29, 1.82) is 5.41 Å². The van der Waals surface area contributed by atoms with Gasteiger partial charge in [-0.05, 0) is 42.3 Å². The summed E-state index contributed by atoms with van der Waals surface area (Å²) in [5.74, 6) is -1.08. The molecule has 1 fully saturated rings. The fourth-order valence-electron chi connectivity index (χ4n) is 3.99. The lowest BCUT2D eigenvalue weighted by atomic mass is 10.0. The summed E-state index contributed by atoms with van der Waals surface area (Å²) in [6.07, 6.45) is -5.05. The number of nitrogens with one attached hydrogen (secondary N) is 3. The second kappa shape index (κ2) is 13.1. The van der Waals surface area contributed by atoms with E-state index in [2.05, 4.69) is 15.4 Å². The molecule has 39 heavy (non-hydrogen) atoms. The molecule has 1 saturated heterocycles. The van der Waals surface area contributed by atoms with Crippen molar-refractivity contribution in [3.8, 4) is 5.75 Å². The van der Waals surface area contributed by atoms with Crippen molar-refractivity contribution in [2.45, 2.75) is 25.7 Å². The van der Waals surface area contributed by atoms with Gasteiger partial charge in [0.15, 0.2) is 5.71 Å². The standard InChI is InChI=1S/C27H31F3N4O5/c1-17(19-7-9-20(10-8-19)26(36)38-3)33-25(35)22(23(31)27(28,29)30)24-32-11-12-34(24)16-18-5-4-6-21(15-18)39-14-13-37-2/h4-10,15,17,31-32H,11-14,16H2,1-3H3,(H,33,35)/b24-22-,31-23?. The number of hydrogen-bond acceptors (Lipinski definition) is 8. The summed E-state index contributed by atoms with van der Waals surface area (Å²) in [6.45, 7) is 3.16. The Kier molecular flexibility index (Phi) is 9.94. The van der Waals surface area contributed by atoms with Crippen LogP contribution in [0.25, 0.3) is 0 Å². The number of amides is 1. The zero-order valence-corrected chi connectivity index (χ0v) is 21.9. The molecule has 0 aromatic heterocycles. The van der Waals surface area contributed by atoms with Crippen molar-refractivity contribution >= 4 is 17.6 Å². The van der Waals surface area contributed by atoms with Crippen molar-refractivity contribution in [2.24, 2.45) is 0 Å². The van der Waals surface area contributed by atoms with Gasteiger partial charge in [0.25, 0.3) is 5.91 Å². The number of rotatable bonds is 11. The van der Waals surface area contributed by atoms with Gasteiger partial charge in [-0.2, -0.15) is 13.2 Å². The lowest BCUT2D eigenvalue weighted by Gasteiger charge is -2.24. The fraction of sp³-hybridized carbons (Fsp3) is 0.370. The molecule has 0 radical (unpaired) electrons. The molecule has 3 rings (SSSR count). The molecule has 9 nitrogen and oxygen atoms in total. The Morgan fingerprint density at radius 1 is 1.13 bits per heavy atom. The van der Waals surface area contributed by atoms with Crippen LogP contribution < -0.4 is 15.4 Å². The molecule has 2 aromatic rings. The number of ether oxygens (including phenoxy) is 3. The molecule has 3 N–H and O–H groups in total. The zero-order valence-electron chi connectivity index (χ0n) is 21.9. The predicted octanol–water partition coefficient (Wildman–Crippen LogP) is 3.57. The van der Waals surface area contributed by atoms with Gasteiger partial charge in [-0.25, -0.2) is 4.79 Å². The minimum atomic E-state index is -5.05. The highest BCUT2D eigenvalue weighted by Crippen LogP contribution is 2.27. The van der Waals surface area contributed by atoms with E-state index in [1.807, 2.05) is 0 Å². The van der Waals surface area contributed by atoms with Gasteiger partial charge in [-0.1, -0.05) is 24.3 Å². The summed E-state index contributed by atoms with van der Waals surface area (Å²) in [5, 5.41) is 13.3. The maximum Gasteiger partial charge on any atom is 0.433 e. The van der Waals surface area contributed by atoms with Crippen molar-refractivity contribution in [1.82, 2.24) is 15.5 Å².